The van der Waals surface area contributed by atoms with Crippen LogP contribution in [0.5, 0.6) is 0 Å². The topological polar surface area (TPSA) is 46.1 Å². The van der Waals surface area contributed by atoms with Gasteiger partial charge >= 0.3 is 0 Å². The average Bonchev–Trinajstić information content (AvgIpc) is 3.22. The van der Waals surface area contributed by atoms with E-state index in [1.165, 1.54) is 11.1 Å². The molecule has 4 heteroatoms. The molecule has 4 aromatic rings. The molecule has 0 saturated carbocycles. The van der Waals surface area contributed by atoms with E-state index >= 15 is 0 Å². The SMILES string of the molecule is CN(C(=O)c1cc(-c2ccccc2)nc2ccncc12)C1CCc2ccccc21. The first-order chi connectivity index (χ1) is 14.2. The van der Waals surface area contributed by atoms with Gasteiger partial charge in [0.1, 0.15) is 0 Å². The number of carbonyl (C=O) groups is 1. The highest BCUT2D eigenvalue weighted by Crippen LogP contribution is 2.36. The van der Waals surface area contributed by atoms with Crippen molar-refractivity contribution in [1.29, 1.82) is 0 Å². The van der Waals surface area contributed by atoms with E-state index in [1.54, 1.807) is 12.4 Å². The summed E-state index contributed by atoms with van der Waals surface area (Å²) in [7, 11) is 1.90. The highest BCUT2D eigenvalue weighted by Gasteiger charge is 2.29. The molecule has 29 heavy (non-hydrogen) atoms. The molecular formula is C25H21N3O. The Morgan fingerprint density at radius 1 is 1.03 bits per heavy atom. The molecular weight excluding hydrogens is 358 g/mol. The van der Waals surface area contributed by atoms with Crippen molar-refractivity contribution < 1.29 is 4.79 Å². The van der Waals surface area contributed by atoms with Gasteiger partial charge in [0.05, 0.1) is 22.8 Å². The Morgan fingerprint density at radius 3 is 2.69 bits per heavy atom. The van der Waals surface area contributed by atoms with Crippen molar-refractivity contribution >= 4 is 16.8 Å². The van der Waals surface area contributed by atoms with Crippen LogP contribution >= 0.6 is 0 Å². The lowest BCUT2D eigenvalue weighted by molar-refractivity contribution is 0.0732. The van der Waals surface area contributed by atoms with Gasteiger partial charge in [-0.15, -0.1) is 0 Å². The summed E-state index contributed by atoms with van der Waals surface area (Å²) in [6.07, 6.45) is 5.41. The van der Waals surface area contributed by atoms with Crippen molar-refractivity contribution in [3.05, 3.63) is 95.8 Å². The maximum atomic E-state index is 13.6. The van der Waals surface area contributed by atoms with Crippen molar-refractivity contribution in [1.82, 2.24) is 14.9 Å². The molecule has 0 fully saturated rings. The molecule has 1 amide bonds. The fraction of sp³-hybridized carbons (Fsp3) is 0.160. The van der Waals surface area contributed by atoms with Crippen LogP contribution in [0.15, 0.2) is 79.1 Å². The standard InChI is InChI=1S/C25H21N3O/c1-28(24-12-11-17-7-5-6-10-19(17)24)25(29)20-15-23(18-8-3-2-4-9-18)27-22-13-14-26-16-21(20)22/h2-10,13-16,24H,11-12H2,1H3. The summed E-state index contributed by atoms with van der Waals surface area (Å²) in [5.41, 5.74) is 5.81. The molecule has 0 saturated heterocycles. The van der Waals surface area contributed by atoms with Gasteiger partial charge in [0.15, 0.2) is 0 Å². The van der Waals surface area contributed by atoms with Crippen LogP contribution in [0.2, 0.25) is 0 Å². The second-order valence-electron chi connectivity index (χ2n) is 7.48. The summed E-state index contributed by atoms with van der Waals surface area (Å²) in [6, 6.07) is 22.2. The Hall–Kier alpha value is -3.53. The van der Waals surface area contributed by atoms with Crippen LogP contribution in [0, 0.1) is 0 Å². The minimum absolute atomic E-state index is 0.00397. The summed E-state index contributed by atoms with van der Waals surface area (Å²) in [5, 5.41) is 0.787. The van der Waals surface area contributed by atoms with E-state index in [-0.39, 0.29) is 11.9 Å². The first kappa shape index (κ1) is 17.6. The number of pyridine rings is 2. The molecule has 5 rings (SSSR count). The predicted molar refractivity (Wildman–Crippen MR) is 115 cm³/mol. The van der Waals surface area contributed by atoms with Crippen molar-refractivity contribution in [3.63, 3.8) is 0 Å². The first-order valence-corrected chi connectivity index (χ1v) is 9.87. The van der Waals surface area contributed by atoms with Crippen LogP contribution in [-0.4, -0.2) is 27.8 Å². The molecule has 2 heterocycles. The lowest BCUT2D eigenvalue weighted by atomic mass is 10.0. The zero-order chi connectivity index (χ0) is 19.8. The quantitative estimate of drug-likeness (QED) is 0.500. The van der Waals surface area contributed by atoms with Gasteiger partial charge in [0.25, 0.3) is 5.91 Å². The van der Waals surface area contributed by atoms with Gasteiger partial charge < -0.3 is 4.90 Å². The normalized spacial score (nSPS) is 15.3. The number of hydrogen-bond donors (Lipinski definition) is 0. The van der Waals surface area contributed by atoms with E-state index in [4.69, 9.17) is 4.98 Å². The Labute approximate surface area is 169 Å². The fourth-order valence-electron chi connectivity index (χ4n) is 4.27. The number of rotatable bonds is 3. The molecule has 0 spiro atoms. The molecule has 0 aliphatic heterocycles. The highest BCUT2D eigenvalue weighted by atomic mass is 16.2. The third kappa shape index (κ3) is 3.07. The van der Waals surface area contributed by atoms with Gasteiger partial charge in [-0.05, 0) is 36.1 Å². The Bertz CT molecular complexity index is 1200. The summed E-state index contributed by atoms with van der Waals surface area (Å²) < 4.78 is 0. The number of aromatic nitrogens is 2. The van der Waals surface area contributed by atoms with E-state index in [9.17, 15) is 4.79 Å². The summed E-state index contributed by atoms with van der Waals surface area (Å²) in [4.78, 5) is 24.5. The highest BCUT2D eigenvalue weighted by molar-refractivity contribution is 6.07. The molecule has 0 bridgehead atoms. The molecule has 1 atom stereocenters. The maximum absolute atomic E-state index is 13.6. The van der Waals surface area contributed by atoms with Gasteiger partial charge in [-0.1, -0.05) is 54.6 Å². The first-order valence-electron chi connectivity index (χ1n) is 9.87. The predicted octanol–water partition coefficient (Wildman–Crippen LogP) is 5.06. The second kappa shape index (κ2) is 7.13. The summed E-state index contributed by atoms with van der Waals surface area (Å²) >= 11 is 0. The molecule has 0 N–H and O–H groups in total. The van der Waals surface area contributed by atoms with Crippen LogP contribution in [0.3, 0.4) is 0 Å². The number of fused-ring (bicyclic) bond motifs is 2. The Kier molecular flexibility index (Phi) is 4.32. The lowest BCUT2D eigenvalue weighted by Crippen LogP contribution is -2.30. The maximum Gasteiger partial charge on any atom is 0.254 e. The number of aryl methyl sites for hydroxylation is 1. The second-order valence-corrected chi connectivity index (χ2v) is 7.48. The van der Waals surface area contributed by atoms with Gasteiger partial charge in [0.2, 0.25) is 0 Å². The molecule has 1 aliphatic carbocycles. The van der Waals surface area contributed by atoms with E-state index in [0.29, 0.717) is 5.56 Å². The van der Waals surface area contributed by atoms with Crippen molar-refractivity contribution in [2.75, 3.05) is 7.05 Å². The smallest absolute Gasteiger partial charge is 0.254 e. The molecule has 142 valence electrons. The summed E-state index contributed by atoms with van der Waals surface area (Å²) in [5.74, 6) is 0.00397. The van der Waals surface area contributed by atoms with E-state index in [2.05, 4.69) is 29.2 Å². The number of carbonyl (C=O) groups excluding carboxylic acids is 1. The Balaban J connectivity index is 1.60. The third-order valence-electron chi connectivity index (χ3n) is 5.80. The van der Waals surface area contributed by atoms with Crippen LogP contribution in [0.1, 0.15) is 33.9 Å². The molecule has 4 nitrogen and oxygen atoms in total. The molecule has 1 aliphatic rings. The van der Waals surface area contributed by atoms with Crippen LogP contribution in [0.25, 0.3) is 22.2 Å². The minimum atomic E-state index is 0.00397. The van der Waals surface area contributed by atoms with Crippen molar-refractivity contribution in [3.8, 4) is 11.3 Å². The van der Waals surface area contributed by atoms with E-state index in [1.807, 2.05) is 54.4 Å². The number of hydrogen-bond acceptors (Lipinski definition) is 3. The van der Waals surface area contributed by atoms with Crippen molar-refractivity contribution in [2.24, 2.45) is 0 Å². The number of nitrogens with zero attached hydrogens (tertiary/aromatic N) is 3. The lowest BCUT2D eigenvalue weighted by Gasteiger charge is -2.26. The fourth-order valence-corrected chi connectivity index (χ4v) is 4.27. The van der Waals surface area contributed by atoms with E-state index in [0.717, 1.165) is 35.0 Å². The zero-order valence-corrected chi connectivity index (χ0v) is 16.2. The monoisotopic (exact) mass is 379 g/mol. The Morgan fingerprint density at radius 2 is 1.83 bits per heavy atom. The van der Waals surface area contributed by atoms with Crippen LogP contribution in [-0.2, 0) is 6.42 Å². The summed E-state index contributed by atoms with van der Waals surface area (Å²) in [6.45, 7) is 0. The third-order valence-corrected chi connectivity index (χ3v) is 5.80. The van der Waals surface area contributed by atoms with Crippen LogP contribution in [0.4, 0.5) is 0 Å². The largest absolute Gasteiger partial charge is 0.335 e. The van der Waals surface area contributed by atoms with Crippen LogP contribution < -0.4 is 0 Å². The number of benzene rings is 2. The number of amides is 1. The van der Waals surface area contributed by atoms with Gasteiger partial charge in [-0.3, -0.25) is 9.78 Å². The molecule has 2 aromatic carbocycles. The average molecular weight is 379 g/mol. The van der Waals surface area contributed by atoms with E-state index < -0.39 is 0 Å². The minimum Gasteiger partial charge on any atom is -0.335 e. The van der Waals surface area contributed by atoms with Gasteiger partial charge in [0, 0.05) is 30.4 Å². The van der Waals surface area contributed by atoms with Crippen molar-refractivity contribution in [2.45, 2.75) is 18.9 Å². The van der Waals surface area contributed by atoms with Gasteiger partial charge in [-0.2, -0.15) is 0 Å². The zero-order valence-electron chi connectivity index (χ0n) is 16.2. The van der Waals surface area contributed by atoms with Gasteiger partial charge in [-0.25, -0.2) is 4.98 Å². The molecule has 2 aromatic heterocycles. The molecule has 0 radical (unpaired) electrons. The molecule has 1 unspecified atom stereocenters.